The lowest BCUT2D eigenvalue weighted by atomic mass is 10.1. The van der Waals surface area contributed by atoms with Crippen LogP contribution in [0.4, 0.5) is 10.5 Å². The van der Waals surface area contributed by atoms with Crippen LogP contribution < -0.4 is 15.5 Å². The van der Waals surface area contributed by atoms with Crippen molar-refractivity contribution in [3.05, 3.63) is 65.2 Å². The molecule has 0 fully saturated rings. The molecule has 0 radical (unpaired) electrons. The maximum absolute atomic E-state index is 11.9. The van der Waals surface area contributed by atoms with Gasteiger partial charge in [0.2, 0.25) is 0 Å². The molecule has 0 unspecified atom stereocenters. The summed E-state index contributed by atoms with van der Waals surface area (Å²) in [6, 6.07) is 15.6. The third-order valence-corrected chi connectivity index (χ3v) is 3.88. The number of amides is 2. The van der Waals surface area contributed by atoms with E-state index < -0.39 is 0 Å². The molecule has 24 heavy (non-hydrogen) atoms. The summed E-state index contributed by atoms with van der Waals surface area (Å²) in [6.45, 7) is 0.956. The van der Waals surface area contributed by atoms with Crippen molar-refractivity contribution >= 4 is 11.7 Å². The Morgan fingerprint density at radius 2 is 1.67 bits per heavy atom. The second kappa shape index (κ2) is 8.93. The normalized spacial score (nSPS) is 10.3. The lowest BCUT2D eigenvalue weighted by Crippen LogP contribution is -2.36. The van der Waals surface area contributed by atoms with E-state index in [-0.39, 0.29) is 12.6 Å². The quantitative estimate of drug-likeness (QED) is 0.731. The van der Waals surface area contributed by atoms with Crippen LogP contribution in [0.3, 0.4) is 0 Å². The maximum Gasteiger partial charge on any atom is 0.315 e. The molecule has 0 saturated heterocycles. The number of aliphatic hydroxyl groups is 1. The number of aliphatic hydroxyl groups excluding tert-OH is 1. The molecule has 0 heterocycles. The highest BCUT2D eigenvalue weighted by Crippen LogP contribution is 2.12. The summed E-state index contributed by atoms with van der Waals surface area (Å²) in [6.07, 6.45) is 0.786. The SMILES string of the molecule is CN(C)c1ccc(CCNC(=O)NCc2ccccc2CO)cc1. The Labute approximate surface area is 143 Å². The van der Waals surface area contributed by atoms with Gasteiger partial charge >= 0.3 is 6.03 Å². The molecule has 5 nitrogen and oxygen atoms in total. The van der Waals surface area contributed by atoms with Gasteiger partial charge < -0.3 is 20.6 Å². The summed E-state index contributed by atoms with van der Waals surface area (Å²) >= 11 is 0. The summed E-state index contributed by atoms with van der Waals surface area (Å²) < 4.78 is 0. The molecular formula is C19H25N3O2. The predicted octanol–water partition coefficient (Wildman–Crippen LogP) is 2.29. The van der Waals surface area contributed by atoms with E-state index in [2.05, 4.69) is 39.8 Å². The lowest BCUT2D eigenvalue weighted by Gasteiger charge is -2.13. The molecule has 0 atom stereocenters. The van der Waals surface area contributed by atoms with E-state index >= 15 is 0 Å². The second-order valence-corrected chi connectivity index (χ2v) is 5.85. The zero-order chi connectivity index (χ0) is 17.4. The monoisotopic (exact) mass is 327 g/mol. The van der Waals surface area contributed by atoms with E-state index in [1.807, 2.05) is 38.4 Å². The van der Waals surface area contributed by atoms with E-state index in [0.29, 0.717) is 13.1 Å². The van der Waals surface area contributed by atoms with Crippen molar-refractivity contribution in [2.24, 2.45) is 0 Å². The molecule has 3 N–H and O–H groups in total. The minimum Gasteiger partial charge on any atom is -0.392 e. The van der Waals surface area contributed by atoms with Crippen LogP contribution in [0.25, 0.3) is 0 Å². The van der Waals surface area contributed by atoms with Gasteiger partial charge in [0, 0.05) is 32.9 Å². The van der Waals surface area contributed by atoms with Gasteiger partial charge in [-0.2, -0.15) is 0 Å². The first-order valence-corrected chi connectivity index (χ1v) is 8.05. The molecule has 0 spiro atoms. The van der Waals surface area contributed by atoms with Gasteiger partial charge in [-0.25, -0.2) is 4.79 Å². The number of rotatable bonds is 7. The van der Waals surface area contributed by atoms with Gasteiger partial charge in [0.15, 0.2) is 0 Å². The summed E-state index contributed by atoms with van der Waals surface area (Å²) in [5, 5.41) is 14.9. The third-order valence-electron chi connectivity index (χ3n) is 3.88. The Hall–Kier alpha value is -2.53. The van der Waals surface area contributed by atoms with Crippen LogP contribution in [0.15, 0.2) is 48.5 Å². The van der Waals surface area contributed by atoms with Crippen LogP contribution in [0.5, 0.6) is 0 Å². The molecule has 0 aliphatic heterocycles. The fraction of sp³-hybridized carbons (Fsp3) is 0.316. The van der Waals surface area contributed by atoms with E-state index in [1.165, 1.54) is 5.56 Å². The highest BCUT2D eigenvalue weighted by Gasteiger charge is 2.04. The van der Waals surface area contributed by atoms with Gasteiger partial charge in [0.05, 0.1) is 6.61 Å². The van der Waals surface area contributed by atoms with Gasteiger partial charge in [-0.3, -0.25) is 0 Å². The number of nitrogens with one attached hydrogen (secondary N) is 2. The summed E-state index contributed by atoms with van der Waals surface area (Å²) in [4.78, 5) is 13.9. The van der Waals surface area contributed by atoms with Crippen molar-refractivity contribution in [2.45, 2.75) is 19.6 Å². The standard InChI is InChI=1S/C19H25N3O2/c1-22(2)18-9-7-15(8-10-18)11-12-20-19(24)21-13-16-5-3-4-6-17(16)14-23/h3-10,23H,11-14H2,1-2H3,(H2,20,21,24). The Kier molecular flexibility index (Phi) is 6.63. The highest BCUT2D eigenvalue weighted by atomic mass is 16.3. The number of hydrogen-bond donors (Lipinski definition) is 3. The molecule has 2 aromatic carbocycles. The van der Waals surface area contributed by atoms with Gasteiger partial charge in [-0.1, -0.05) is 36.4 Å². The zero-order valence-electron chi connectivity index (χ0n) is 14.2. The third kappa shape index (κ3) is 5.28. The Morgan fingerprint density at radius 1 is 1.00 bits per heavy atom. The fourth-order valence-electron chi connectivity index (χ4n) is 2.40. The van der Waals surface area contributed by atoms with E-state index in [9.17, 15) is 9.90 Å². The highest BCUT2D eigenvalue weighted by molar-refractivity contribution is 5.73. The van der Waals surface area contributed by atoms with Crippen LogP contribution in [0, 0.1) is 0 Å². The first-order chi connectivity index (χ1) is 11.6. The first-order valence-electron chi connectivity index (χ1n) is 8.05. The molecule has 0 aromatic heterocycles. The average molecular weight is 327 g/mol. The Bertz CT molecular complexity index is 654. The molecular weight excluding hydrogens is 302 g/mol. The largest absolute Gasteiger partial charge is 0.392 e. The van der Waals surface area contributed by atoms with Gasteiger partial charge in [0.1, 0.15) is 0 Å². The number of hydrogen-bond acceptors (Lipinski definition) is 3. The van der Waals surface area contributed by atoms with Crippen LogP contribution in [-0.2, 0) is 19.6 Å². The average Bonchev–Trinajstić information content (AvgIpc) is 2.60. The molecule has 5 heteroatoms. The smallest absolute Gasteiger partial charge is 0.315 e. The number of nitrogens with zero attached hydrogens (tertiary/aromatic N) is 1. The minimum absolute atomic E-state index is 0.0254. The Morgan fingerprint density at radius 3 is 2.29 bits per heavy atom. The van der Waals surface area contributed by atoms with E-state index in [1.54, 1.807) is 0 Å². The molecule has 0 aliphatic rings. The van der Waals surface area contributed by atoms with Crippen molar-refractivity contribution in [3.63, 3.8) is 0 Å². The van der Waals surface area contributed by atoms with Gasteiger partial charge in [-0.05, 0) is 35.2 Å². The molecule has 0 saturated carbocycles. The summed E-state index contributed by atoms with van der Waals surface area (Å²) in [5.41, 5.74) is 4.10. The second-order valence-electron chi connectivity index (χ2n) is 5.85. The van der Waals surface area contributed by atoms with Crippen molar-refractivity contribution < 1.29 is 9.90 Å². The predicted molar refractivity (Wildman–Crippen MR) is 97.1 cm³/mol. The first kappa shape index (κ1) is 17.8. The number of benzene rings is 2. The van der Waals surface area contributed by atoms with Crippen molar-refractivity contribution in [1.29, 1.82) is 0 Å². The zero-order valence-corrected chi connectivity index (χ0v) is 14.2. The molecule has 2 rings (SSSR count). The van der Waals surface area contributed by atoms with Crippen molar-refractivity contribution in [1.82, 2.24) is 10.6 Å². The summed E-state index contributed by atoms with van der Waals surface area (Å²) in [5.74, 6) is 0. The van der Waals surface area contributed by atoms with Crippen LogP contribution in [-0.4, -0.2) is 31.8 Å². The number of urea groups is 1. The van der Waals surface area contributed by atoms with Crippen LogP contribution in [0.2, 0.25) is 0 Å². The van der Waals surface area contributed by atoms with Gasteiger partial charge in [-0.15, -0.1) is 0 Å². The van der Waals surface area contributed by atoms with Crippen molar-refractivity contribution in [3.8, 4) is 0 Å². The van der Waals surface area contributed by atoms with E-state index in [0.717, 1.165) is 23.2 Å². The van der Waals surface area contributed by atoms with Crippen molar-refractivity contribution in [2.75, 3.05) is 25.5 Å². The summed E-state index contributed by atoms with van der Waals surface area (Å²) in [7, 11) is 4.02. The molecule has 128 valence electrons. The van der Waals surface area contributed by atoms with Gasteiger partial charge in [0.25, 0.3) is 0 Å². The number of anilines is 1. The topological polar surface area (TPSA) is 64.6 Å². The van der Waals surface area contributed by atoms with Crippen LogP contribution in [0.1, 0.15) is 16.7 Å². The molecule has 2 amide bonds. The molecule has 2 aromatic rings. The Balaban J connectivity index is 1.73. The minimum atomic E-state index is -0.201. The molecule has 0 aliphatic carbocycles. The number of carbonyl (C=O) groups is 1. The van der Waals surface area contributed by atoms with Crippen LogP contribution >= 0.6 is 0 Å². The lowest BCUT2D eigenvalue weighted by molar-refractivity contribution is 0.240. The molecule has 0 bridgehead atoms. The maximum atomic E-state index is 11.9. The number of carbonyl (C=O) groups excluding carboxylic acids is 1. The van der Waals surface area contributed by atoms with E-state index in [4.69, 9.17) is 0 Å². The fourth-order valence-corrected chi connectivity index (χ4v) is 2.40.